The molecule has 1 atom stereocenters. The van der Waals surface area contributed by atoms with Gasteiger partial charge in [-0.25, -0.2) is 0 Å². The second kappa shape index (κ2) is 6.59. The average Bonchev–Trinajstić information content (AvgIpc) is 2.89. The van der Waals surface area contributed by atoms with Gasteiger partial charge >= 0.3 is 0 Å². The van der Waals surface area contributed by atoms with E-state index < -0.39 is 6.10 Å². The maximum Gasteiger partial charge on any atom is 0.261 e. The fourth-order valence-electron chi connectivity index (χ4n) is 1.53. The third-order valence-corrected chi connectivity index (χ3v) is 3.61. The number of benzene rings is 1. The van der Waals surface area contributed by atoms with E-state index in [1.165, 1.54) is 0 Å². The molecule has 0 radical (unpaired) electrons. The lowest BCUT2D eigenvalue weighted by molar-refractivity contribution is -0.127. The molecule has 0 saturated carbocycles. The van der Waals surface area contributed by atoms with E-state index in [0.29, 0.717) is 17.3 Å². The Hall–Kier alpha value is -1.52. The van der Waals surface area contributed by atoms with Crippen LogP contribution in [0.25, 0.3) is 0 Å². The van der Waals surface area contributed by atoms with E-state index in [2.05, 4.69) is 5.32 Å². The van der Waals surface area contributed by atoms with Crippen LogP contribution < -0.4 is 10.1 Å². The lowest BCUT2D eigenvalue weighted by atomic mass is 10.3. The molecule has 5 heteroatoms. The first-order valence-corrected chi connectivity index (χ1v) is 7.13. The van der Waals surface area contributed by atoms with Gasteiger partial charge in [-0.3, -0.25) is 4.79 Å². The van der Waals surface area contributed by atoms with Crippen molar-refractivity contribution in [1.29, 1.82) is 0 Å². The summed E-state index contributed by atoms with van der Waals surface area (Å²) < 4.78 is 5.53. The van der Waals surface area contributed by atoms with Crippen molar-refractivity contribution in [3.8, 4) is 5.75 Å². The van der Waals surface area contributed by atoms with Crippen LogP contribution in [0.3, 0.4) is 0 Å². The first-order chi connectivity index (χ1) is 9.15. The molecule has 0 aliphatic heterocycles. The van der Waals surface area contributed by atoms with Gasteiger partial charge in [-0.2, -0.15) is 0 Å². The van der Waals surface area contributed by atoms with Crippen molar-refractivity contribution in [2.45, 2.75) is 19.6 Å². The quantitative estimate of drug-likeness (QED) is 0.917. The number of amides is 1. The highest BCUT2D eigenvalue weighted by molar-refractivity contribution is 7.09. The van der Waals surface area contributed by atoms with Crippen LogP contribution in [0.2, 0.25) is 5.02 Å². The molecule has 19 heavy (non-hydrogen) atoms. The van der Waals surface area contributed by atoms with E-state index >= 15 is 0 Å². The highest BCUT2D eigenvalue weighted by Gasteiger charge is 2.14. The lowest BCUT2D eigenvalue weighted by Crippen LogP contribution is -2.35. The van der Waals surface area contributed by atoms with Crippen molar-refractivity contribution < 1.29 is 9.53 Å². The largest absolute Gasteiger partial charge is 0.481 e. The maximum absolute atomic E-state index is 11.9. The Labute approximate surface area is 121 Å². The Morgan fingerprint density at radius 3 is 2.95 bits per heavy atom. The number of nitrogens with one attached hydrogen (secondary N) is 1. The maximum atomic E-state index is 11.9. The van der Waals surface area contributed by atoms with Gasteiger partial charge in [0.2, 0.25) is 0 Å². The van der Waals surface area contributed by atoms with Gasteiger partial charge in [-0.1, -0.05) is 23.7 Å². The minimum Gasteiger partial charge on any atom is -0.481 e. The molecule has 2 aromatic rings. The van der Waals surface area contributed by atoms with Gasteiger partial charge in [0.15, 0.2) is 6.10 Å². The van der Waals surface area contributed by atoms with Crippen LogP contribution >= 0.6 is 22.9 Å². The molecule has 0 aliphatic rings. The number of rotatable bonds is 5. The van der Waals surface area contributed by atoms with Gasteiger partial charge in [0.1, 0.15) is 5.75 Å². The van der Waals surface area contributed by atoms with Crippen molar-refractivity contribution in [3.63, 3.8) is 0 Å². The first-order valence-electron chi connectivity index (χ1n) is 5.87. The molecule has 0 spiro atoms. The number of hydrogen-bond donors (Lipinski definition) is 1. The Bertz CT molecular complexity index is 542. The monoisotopic (exact) mass is 295 g/mol. The zero-order valence-electron chi connectivity index (χ0n) is 10.4. The Kier molecular flexibility index (Phi) is 4.82. The third-order valence-electron chi connectivity index (χ3n) is 2.50. The normalized spacial score (nSPS) is 11.9. The Morgan fingerprint density at radius 2 is 2.26 bits per heavy atom. The summed E-state index contributed by atoms with van der Waals surface area (Å²) in [5.41, 5.74) is 0. The molecule has 1 N–H and O–H groups in total. The summed E-state index contributed by atoms with van der Waals surface area (Å²) in [7, 11) is 0. The van der Waals surface area contributed by atoms with E-state index in [4.69, 9.17) is 16.3 Å². The lowest BCUT2D eigenvalue weighted by Gasteiger charge is -2.14. The molecule has 1 aromatic carbocycles. The molecule has 1 amide bonds. The first kappa shape index (κ1) is 13.9. The van der Waals surface area contributed by atoms with Crippen molar-refractivity contribution in [2.24, 2.45) is 0 Å². The highest BCUT2D eigenvalue weighted by atomic mass is 35.5. The van der Waals surface area contributed by atoms with E-state index in [9.17, 15) is 4.79 Å². The summed E-state index contributed by atoms with van der Waals surface area (Å²) in [6, 6.07) is 10.9. The van der Waals surface area contributed by atoms with E-state index in [-0.39, 0.29) is 5.91 Å². The topological polar surface area (TPSA) is 38.3 Å². The SMILES string of the molecule is C[C@@H](Oc1cccc(Cl)c1)C(=O)NCc1cccs1. The van der Waals surface area contributed by atoms with Gasteiger partial charge in [0.25, 0.3) is 5.91 Å². The number of thiophene rings is 1. The predicted octanol–water partition coefficient (Wildman–Crippen LogP) is 3.49. The van der Waals surface area contributed by atoms with Gasteiger partial charge in [-0.05, 0) is 36.6 Å². The second-order valence-electron chi connectivity index (χ2n) is 4.01. The predicted molar refractivity (Wildman–Crippen MR) is 77.7 cm³/mol. The van der Waals surface area contributed by atoms with Crippen LogP contribution in [0.15, 0.2) is 41.8 Å². The van der Waals surface area contributed by atoms with Gasteiger partial charge < -0.3 is 10.1 Å². The number of hydrogen-bond acceptors (Lipinski definition) is 3. The summed E-state index contributed by atoms with van der Waals surface area (Å²) in [4.78, 5) is 13.0. The molecule has 3 nitrogen and oxygen atoms in total. The molecule has 0 saturated heterocycles. The molecule has 2 rings (SSSR count). The summed E-state index contributed by atoms with van der Waals surface area (Å²) >= 11 is 7.47. The molecule has 1 heterocycles. The summed E-state index contributed by atoms with van der Waals surface area (Å²) in [5, 5.41) is 5.40. The fraction of sp³-hybridized carbons (Fsp3) is 0.214. The van der Waals surface area contributed by atoms with Gasteiger partial charge in [-0.15, -0.1) is 11.3 Å². The van der Waals surface area contributed by atoms with Gasteiger partial charge in [0, 0.05) is 9.90 Å². The van der Waals surface area contributed by atoms with Crippen molar-refractivity contribution in [2.75, 3.05) is 0 Å². The molecule has 0 aliphatic carbocycles. The molecular weight excluding hydrogens is 282 g/mol. The summed E-state index contributed by atoms with van der Waals surface area (Å²) in [6.07, 6.45) is -0.557. The molecule has 100 valence electrons. The zero-order chi connectivity index (χ0) is 13.7. The number of carbonyl (C=O) groups excluding carboxylic acids is 1. The van der Waals surface area contributed by atoms with Crippen molar-refractivity contribution >= 4 is 28.8 Å². The molecule has 0 bridgehead atoms. The summed E-state index contributed by atoms with van der Waals surface area (Å²) in [6.45, 7) is 2.24. The zero-order valence-corrected chi connectivity index (χ0v) is 12.0. The van der Waals surface area contributed by atoms with Crippen LogP contribution in [0, 0.1) is 0 Å². The molecular formula is C14H14ClNO2S. The number of ether oxygens (including phenoxy) is 1. The molecule has 0 unspecified atom stereocenters. The minimum absolute atomic E-state index is 0.145. The number of halogens is 1. The third kappa shape index (κ3) is 4.26. The van der Waals surface area contributed by atoms with Crippen LogP contribution in [-0.2, 0) is 11.3 Å². The average molecular weight is 296 g/mol. The highest BCUT2D eigenvalue weighted by Crippen LogP contribution is 2.18. The number of carbonyl (C=O) groups is 1. The standard InChI is InChI=1S/C14H14ClNO2S/c1-10(18-12-5-2-4-11(15)8-12)14(17)16-9-13-6-3-7-19-13/h2-8,10H,9H2,1H3,(H,16,17)/t10-/m1/s1. The molecule has 0 fully saturated rings. The van der Waals surface area contributed by atoms with E-state index in [0.717, 1.165) is 4.88 Å². The van der Waals surface area contributed by atoms with Crippen LogP contribution in [0.5, 0.6) is 5.75 Å². The smallest absolute Gasteiger partial charge is 0.261 e. The second-order valence-corrected chi connectivity index (χ2v) is 5.48. The van der Waals surface area contributed by atoms with Crippen molar-refractivity contribution in [1.82, 2.24) is 5.32 Å². The van der Waals surface area contributed by atoms with Crippen LogP contribution in [-0.4, -0.2) is 12.0 Å². The van der Waals surface area contributed by atoms with Crippen LogP contribution in [0.1, 0.15) is 11.8 Å². The fourth-order valence-corrected chi connectivity index (χ4v) is 2.35. The van der Waals surface area contributed by atoms with E-state index in [1.54, 1.807) is 42.5 Å². The molecule has 1 aromatic heterocycles. The summed E-state index contributed by atoms with van der Waals surface area (Å²) in [5.74, 6) is 0.444. The Balaban J connectivity index is 1.85. The van der Waals surface area contributed by atoms with Gasteiger partial charge in [0.05, 0.1) is 6.54 Å². The van der Waals surface area contributed by atoms with E-state index in [1.807, 2.05) is 17.5 Å². The van der Waals surface area contributed by atoms with Crippen LogP contribution in [0.4, 0.5) is 0 Å². The van der Waals surface area contributed by atoms with Crippen molar-refractivity contribution in [3.05, 3.63) is 51.7 Å². The minimum atomic E-state index is -0.557. The Morgan fingerprint density at radius 1 is 1.42 bits per heavy atom.